The van der Waals surface area contributed by atoms with Gasteiger partial charge in [0.1, 0.15) is 5.75 Å². The first-order valence-corrected chi connectivity index (χ1v) is 9.60. The molecule has 1 N–H and O–H groups in total. The number of hydrogen-bond acceptors (Lipinski definition) is 3. The molecule has 1 aliphatic heterocycles. The van der Waals surface area contributed by atoms with Crippen molar-refractivity contribution in [2.45, 2.75) is 12.5 Å². The van der Waals surface area contributed by atoms with Gasteiger partial charge in [0.25, 0.3) is 11.8 Å². The van der Waals surface area contributed by atoms with E-state index in [1.807, 2.05) is 78.9 Å². The van der Waals surface area contributed by atoms with Crippen molar-refractivity contribution < 1.29 is 14.3 Å². The Bertz CT molecular complexity index is 1020. The van der Waals surface area contributed by atoms with Crippen LogP contribution >= 0.6 is 0 Å². The van der Waals surface area contributed by atoms with Gasteiger partial charge in [-0.2, -0.15) is 0 Å². The van der Waals surface area contributed by atoms with Crippen molar-refractivity contribution in [2.75, 3.05) is 18.5 Å². The molecule has 0 saturated heterocycles. The molecule has 0 saturated carbocycles. The Morgan fingerprint density at radius 2 is 1.59 bits per heavy atom. The van der Waals surface area contributed by atoms with Crippen molar-refractivity contribution >= 4 is 17.5 Å². The lowest BCUT2D eigenvalue weighted by molar-refractivity contribution is -0.126. The van der Waals surface area contributed by atoms with Gasteiger partial charge in [-0.3, -0.25) is 9.59 Å². The molecule has 146 valence electrons. The number of hydrogen-bond donors (Lipinski definition) is 1. The molecule has 4 rings (SSSR count). The molecular weight excluding hydrogens is 364 g/mol. The molecule has 5 nitrogen and oxygen atoms in total. The van der Waals surface area contributed by atoms with Crippen LogP contribution in [0.1, 0.15) is 16.8 Å². The highest BCUT2D eigenvalue weighted by molar-refractivity contribution is 5.99. The van der Waals surface area contributed by atoms with Gasteiger partial charge in [0, 0.05) is 25.6 Å². The highest BCUT2D eigenvalue weighted by Gasteiger charge is 2.31. The van der Waals surface area contributed by atoms with Gasteiger partial charge in [-0.25, -0.2) is 0 Å². The molecule has 0 aromatic heterocycles. The highest BCUT2D eigenvalue weighted by Crippen LogP contribution is 2.33. The van der Waals surface area contributed by atoms with E-state index in [2.05, 4.69) is 5.32 Å². The van der Waals surface area contributed by atoms with Crippen LogP contribution in [0.25, 0.3) is 11.1 Å². The molecule has 1 heterocycles. The summed E-state index contributed by atoms with van der Waals surface area (Å²) >= 11 is 0. The molecule has 0 fully saturated rings. The largest absolute Gasteiger partial charge is 0.478 e. The van der Waals surface area contributed by atoms with Gasteiger partial charge in [0.2, 0.25) is 0 Å². The fourth-order valence-corrected chi connectivity index (χ4v) is 3.42. The topological polar surface area (TPSA) is 58.6 Å². The van der Waals surface area contributed by atoms with E-state index in [1.54, 1.807) is 11.9 Å². The summed E-state index contributed by atoms with van der Waals surface area (Å²) in [5.41, 5.74) is 3.51. The molecule has 3 aromatic carbocycles. The second kappa shape index (κ2) is 8.19. The van der Waals surface area contributed by atoms with Crippen molar-refractivity contribution in [2.24, 2.45) is 0 Å². The number of nitrogens with one attached hydrogen (secondary N) is 1. The Balaban J connectivity index is 1.34. The van der Waals surface area contributed by atoms with Crippen LogP contribution in [-0.4, -0.2) is 31.5 Å². The number of amides is 2. The summed E-state index contributed by atoms with van der Waals surface area (Å²) in [5.74, 6) is 0.411. The molecule has 5 heteroatoms. The van der Waals surface area contributed by atoms with E-state index < -0.39 is 6.10 Å². The molecule has 1 atom stereocenters. The van der Waals surface area contributed by atoms with Crippen LogP contribution in [0.15, 0.2) is 78.9 Å². The monoisotopic (exact) mass is 386 g/mol. The van der Waals surface area contributed by atoms with E-state index in [1.165, 1.54) is 0 Å². The molecule has 0 bridgehead atoms. The van der Waals surface area contributed by atoms with Gasteiger partial charge in [0.15, 0.2) is 6.10 Å². The summed E-state index contributed by atoms with van der Waals surface area (Å²) < 4.78 is 5.82. The number of para-hydroxylation sites is 2. The first kappa shape index (κ1) is 18.7. The summed E-state index contributed by atoms with van der Waals surface area (Å²) in [7, 11) is 1.74. The third-order valence-electron chi connectivity index (χ3n) is 5.05. The molecular formula is C24H22N2O3. The normalized spacial score (nSPS) is 15.4. The van der Waals surface area contributed by atoms with E-state index in [4.69, 9.17) is 4.74 Å². The first-order valence-electron chi connectivity index (χ1n) is 9.60. The fourth-order valence-electron chi connectivity index (χ4n) is 3.42. The zero-order chi connectivity index (χ0) is 20.2. The maximum absolute atomic E-state index is 12.5. The Morgan fingerprint density at radius 3 is 2.34 bits per heavy atom. The molecule has 1 aliphatic rings. The second-order valence-corrected chi connectivity index (χ2v) is 6.96. The average Bonchev–Trinajstić information content (AvgIpc) is 2.78. The summed E-state index contributed by atoms with van der Waals surface area (Å²) in [4.78, 5) is 26.5. The Hall–Kier alpha value is -3.60. The third kappa shape index (κ3) is 3.99. The maximum Gasteiger partial charge on any atom is 0.267 e. The van der Waals surface area contributed by atoms with Crippen molar-refractivity contribution in [3.05, 3.63) is 84.4 Å². The smallest absolute Gasteiger partial charge is 0.267 e. The zero-order valence-corrected chi connectivity index (χ0v) is 16.2. The van der Waals surface area contributed by atoms with Gasteiger partial charge < -0.3 is 15.0 Å². The van der Waals surface area contributed by atoms with Crippen LogP contribution in [0.2, 0.25) is 0 Å². The Morgan fingerprint density at radius 1 is 0.931 bits per heavy atom. The summed E-state index contributed by atoms with van der Waals surface area (Å²) in [6, 6.07) is 24.9. The first-order chi connectivity index (χ1) is 14.1. The summed E-state index contributed by atoms with van der Waals surface area (Å²) in [6.45, 7) is 0.353. The summed E-state index contributed by atoms with van der Waals surface area (Å²) in [6.07, 6.45) is -0.193. The minimum Gasteiger partial charge on any atom is -0.478 e. The minimum atomic E-state index is -0.601. The number of ether oxygens (including phenoxy) is 1. The van der Waals surface area contributed by atoms with Crippen LogP contribution in [0.4, 0.5) is 5.69 Å². The quantitative estimate of drug-likeness (QED) is 0.724. The van der Waals surface area contributed by atoms with E-state index in [9.17, 15) is 9.59 Å². The number of carbonyl (C=O) groups excluding carboxylic acids is 2. The maximum atomic E-state index is 12.5. The predicted octanol–water partition coefficient (Wildman–Crippen LogP) is 3.90. The number of fused-ring (bicyclic) bond motifs is 1. The van der Waals surface area contributed by atoms with Gasteiger partial charge in [-0.1, -0.05) is 54.6 Å². The molecule has 0 aliphatic carbocycles. The molecule has 29 heavy (non-hydrogen) atoms. The number of carbonyl (C=O) groups is 2. The van der Waals surface area contributed by atoms with E-state index >= 15 is 0 Å². The lowest BCUT2D eigenvalue weighted by Gasteiger charge is -2.31. The van der Waals surface area contributed by atoms with Crippen LogP contribution in [0.5, 0.6) is 5.75 Å². The minimum absolute atomic E-state index is 0.106. The van der Waals surface area contributed by atoms with Gasteiger partial charge >= 0.3 is 0 Å². The zero-order valence-electron chi connectivity index (χ0n) is 16.2. The van der Waals surface area contributed by atoms with E-state index in [0.717, 1.165) is 16.8 Å². The number of rotatable bonds is 5. The van der Waals surface area contributed by atoms with Gasteiger partial charge in [0.05, 0.1) is 5.69 Å². The molecule has 1 unspecified atom stereocenters. The van der Waals surface area contributed by atoms with Crippen molar-refractivity contribution in [3.8, 4) is 16.9 Å². The third-order valence-corrected chi connectivity index (χ3v) is 5.05. The molecule has 3 aromatic rings. The van der Waals surface area contributed by atoms with Crippen LogP contribution < -0.4 is 15.0 Å². The Kier molecular flexibility index (Phi) is 5.29. The molecule has 2 amide bonds. The SMILES string of the molecule is CN1C(=O)C(CCNC(=O)c2ccc(-c3ccccc3)cc2)Oc2ccccc21. The standard InChI is InChI=1S/C24H22N2O3/c1-26-20-9-5-6-10-21(20)29-22(24(26)28)15-16-25-23(27)19-13-11-18(12-14-19)17-7-3-2-4-8-17/h2-14,22H,15-16H2,1H3,(H,25,27). The van der Waals surface area contributed by atoms with Gasteiger partial charge in [-0.15, -0.1) is 0 Å². The molecule has 0 spiro atoms. The number of benzene rings is 3. The van der Waals surface area contributed by atoms with Crippen molar-refractivity contribution in [3.63, 3.8) is 0 Å². The van der Waals surface area contributed by atoms with Crippen molar-refractivity contribution in [1.82, 2.24) is 5.32 Å². The average molecular weight is 386 g/mol. The highest BCUT2D eigenvalue weighted by atomic mass is 16.5. The second-order valence-electron chi connectivity index (χ2n) is 6.96. The number of nitrogens with zero attached hydrogens (tertiary/aromatic N) is 1. The van der Waals surface area contributed by atoms with E-state index in [0.29, 0.717) is 24.3 Å². The van der Waals surface area contributed by atoms with Crippen LogP contribution in [0, 0.1) is 0 Å². The van der Waals surface area contributed by atoms with E-state index in [-0.39, 0.29) is 11.8 Å². The lowest BCUT2D eigenvalue weighted by atomic mass is 10.0. The van der Waals surface area contributed by atoms with Crippen molar-refractivity contribution in [1.29, 1.82) is 0 Å². The summed E-state index contributed by atoms with van der Waals surface area (Å²) in [5, 5.41) is 2.88. The molecule has 0 radical (unpaired) electrons. The van der Waals surface area contributed by atoms with Gasteiger partial charge in [-0.05, 0) is 35.4 Å². The fraction of sp³-hybridized carbons (Fsp3) is 0.167. The van der Waals surface area contributed by atoms with Crippen LogP contribution in [-0.2, 0) is 4.79 Å². The Labute approximate surface area is 169 Å². The van der Waals surface area contributed by atoms with Crippen LogP contribution in [0.3, 0.4) is 0 Å². The number of likely N-dealkylation sites (N-methyl/N-ethyl adjacent to an activating group) is 1. The number of anilines is 1. The lowest BCUT2D eigenvalue weighted by Crippen LogP contribution is -2.45. The predicted molar refractivity (Wildman–Crippen MR) is 113 cm³/mol.